The second-order valence-corrected chi connectivity index (χ2v) is 6.70. The van der Waals surface area contributed by atoms with E-state index >= 15 is 0 Å². The van der Waals surface area contributed by atoms with E-state index in [1.807, 2.05) is 0 Å². The van der Waals surface area contributed by atoms with Crippen LogP contribution < -0.4 is 0 Å². The molecule has 1 amide bonds. The van der Waals surface area contributed by atoms with Crippen molar-refractivity contribution in [2.75, 3.05) is 24.7 Å². The van der Waals surface area contributed by atoms with Gasteiger partial charge < -0.3 is 14.7 Å². The summed E-state index contributed by atoms with van der Waals surface area (Å²) in [5.41, 5.74) is 0. The van der Waals surface area contributed by atoms with Gasteiger partial charge in [-0.05, 0) is 19.3 Å². The minimum atomic E-state index is -0.858. The van der Waals surface area contributed by atoms with E-state index in [4.69, 9.17) is 9.84 Å². The molecule has 1 aliphatic rings. The molecule has 0 aromatic rings. The van der Waals surface area contributed by atoms with E-state index in [1.54, 1.807) is 23.6 Å². The zero-order valence-corrected chi connectivity index (χ0v) is 13.3. The van der Waals surface area contributed by atoms with Crippen LogP contribution in [-0.2, 0) is 14.3 Å². The quantitative estimate of drug-likeness (QED) is 0.777. The maximum absolute atomic E-state index is 12.4. The molecule has 6 heteroatoms. The largest absolute Gasteiger partial charge is 0.481 e. The second kappa shape index (κ2) is 8.52. The third-order valence-corrected chi connectivity index (χ3v) is 4.42. The number of hydrogen-bond acceptors (Lipinski definition) is 4. The predicted molar refractivity (Wildman–Crippen MR) is 79.9 cm³/mol. The van der Waals surface area contributed by atoms with Crippen LogP contribution in [0.4, 0.5) is 0 Å². The molecule has 2 atom stereocenters. The molecule has 0 bridgehead atoms. The summed E-state index contributed by atoms with van der Waals surface area (Å²) < 4.78 is 5.58. The van der Waals surface area contributed by atoms with E-state index in [9.17, 15) is 9.59 Å². The van der Waals surface area contributed by atoms with E-state index in [2.05, 4.69) is 13.8 Å². The first-order valence-electron chi connectivity index (χ1n) is 7.13. The van der Waals surface area contributed by atoms with E-state index < -0.39 is 12.1 Å². The molecule has 0 aliphatic carbocycles. The lowest BCUT2D eigenvalue weighted by Gasteiger charge is -2.36. The number of nitrogens with zero attached hydrogens (tertiary/aromatic N) is 1. The zero-order valence-electron chi connectivity index (χ0n) is 12.5. The molecule has 2 unspecified atom stereocenters. The third kappa shape index (κ3) is 5.71. The monoisotopic (exact) mass is 303 g/mol. The van der Waals surface area contributed by atoms with Crippen molar-refractivity contribution >= 4 is 23.6 Å². The Balaban J connectivity index is 2.51. The standard InChI is InChI=1S/C14H25NO4S/c1-10(2)4-6-19-11(3)14(18)15-5-7-20-9-12(15)8-13(16)17/h10-12H,4-9H2,1-3H3,(H,16,17). The van der Waals surface area contributed by atoms with Crippen molar-refractivity contribution in [2.45, 2.75) is 45.8 Å². The van der Waals surface area contributed by atoms with Gasteiger partial charge in [-0.1, -0.05) is 13.8 Å². The van der Waals surface area contributed by atoms with Gasteiger partial charge in [-0.15, -0.1) is 0 Å². The fraction of sp³-hybridized carbons (Fsp3) is 0.857. The highest BCUT2D eigenvalue weighted by Gasteiger charge is 2.31. The van der Waals surface area contributed by atoms with Gasteiger partial charge in [0.1, 0.15) is 6.10 Å². The number of carbonyl (C=O) groups excluding carboxylic acids is 1. The number of rotatable bonds is 7. The van der Waals surface area contributed by atoms with Crippen molar-refractivity contribution in [2.24, 2.45) is 5.92 Å². The SMILES string of the molecule is CC(C)CCOC(C)C(=O)N1CCSCC1CC(=O)O. The summed E-state index contributed by atoms with van der Waals surface area (Å²) in [7, 11) is 0. The Morgan fingerprint density at radius 1 is 1.40 bits per heavy atom. The summed E-state index contributed by atoms with van der Waals surface area (Å²) in [6, 6.07) is -0.213. The molecule has 5 nitrogen and oxygen atoms in total. The molecule has 1 fully saturated rings. The van der Waals surface area contributed by atoms with E-state index in [0.29, 0.717) is 24.8 Å². The number of amides is 1. The van der Waals surface area contributed by atoms with Crippen molar-refractivity contribution in [1.29, 1.82) is 0 Å². The van der Waals surface area contributed by atoms with Gasteiger partial charge in [0, 0.05) is 24.7 Å². The van der Waals surface area contributed by atoms with Crippen LogP contribution in [0.15, 0.2) is 0 Å². The summed E-state index contributed by atoms with van der Waals surface area (Å²) in [5.74, 6) is 1.16. The number of hydrogen-bond donors (Lipinski definition) is 1. The molecule has 1 saturated heterocycles. The van der Waals surface area contributed by atoms with Gasteiger partial charge in [-0.2, -0.15) is 11.8 Å². The van der Waals surface area contributed by atoms with Crippen molar-refractivity contribution in [1.82, 2.24) is 4.90 Å². The van der Waals surface area contributed by atoms with Gasteiger partial charge in [0.25, 0.3) is 5.91 Å². The molecule has 1 rings (SSSR count). The molecule has 1 N–H and O–H groups in total. The molecule has 116 valence electrons. The molecule has 0 radical (unpaired) electrons. The van der Waals surface area contributed by atoms with Crippen LogP contribution in [0, 0.1) is 5.92 Å². The zero-order chi connectivity index (χ0) is 15.1. The highest BCUT2D eigenvalue weighted by atomic mass is 32.2. The fourth-order valence-corrected chi connectivity index (χ4v) is 3.16. The Hall–Kier alpha value is -0.750. The van der Waals surface area contributed by atoms with Gasteiger partial charge in [0.2, 0.25) is 0 Å². The normalized spacial score (nSPS) is 21.0. The minimum Gasteiger partial charge on any atom is -0.481 e. The van der Waals surface area contributed by atoms with Crippen molar-refractivity contribution in [3.05, 3.63) is 0 Å². The van der Waals surface area contributed by atoms with Crippen LogP contribution in [0.25, 0.3) is 0 Å². The van der Waals surface area contributed by atoms with Gasteiger partial charge in [-0.3, -0.25) is 9.59 Å². The van der Waals surface area contributed by atoms with Gasteiger partial charge in [-0.25, -0.2) is 0 Å². The Morgan fingerprint density at radius 2 is 2.10 bits per heavy atom. The van der Waals surface area contributed by atoms with Crippen LogP contribution in [0.1, 0.15) is 33.6 Å². The summed E-state index contributed by atoms with van der Waals surface area (Å²) in [4.78, 5) is 24.9. The molecular formula is C14H25NO4S. The lowest BCUT2D eigenvalue weighted by molar-refractivity contribution is -0.147. The fourth-order valence-electron chi connectivity index (χ4n) is 2.10. The van der Waals surface area contributed by atoms with Crippen LogP contribution >= 0.6 is 11.8 Å². The molecular weight excluding hydrogens is 278 g/mol. The second-order valence-electron chi connectivity index (χ2n) is 5.55. The highest BCUT2D eigenvalue weighted by molar-refractivity contribution is 7.99. The van der Waals surface area contributed by atoms with Crippen LogP contribution in [0.3, 0.4) is 0 Å². The van der Waals surface area contributed by atoms with Crippen molar-refractivity contribution < 1.29 is 19.4 Å². The number of aliphatic carboxylic acids is 1. The first-order chi connectivity index (χ1) is 9.41. The molecule has 20 heavy (non-hydrogen) atoms. The third-order valence-electron chi connectivity index (χ3n) is 3.33. The molecule has 0 spiro atoms. The van der Waals surface area contributed by atoms with E-state index in [0.717, 1.165) is 12.2 Å². The first-order valence-corrected chi connectivity index (χ1v) is 8.29. The maximum Gasteiger partial charge on any atom is 0.305 e. The number of carbonyl (C=O) groups is 2. The maximum atomic E-state index is 12.4. The first kappa shape index (κ1) is 17.3. The molecule has 1 aliphatic heterocycles. The summed E-state index contributed by atoms with van der Waals surface area (Å²) >= 11 is 1.70. The minimum absolute atomic E-state index is 0.0114. The number of carboxylic acid groups (broad SMARTS) is 1. The van der Waals surface area contributed by atoms with Gasteiger partial charge in [0.05, 0.1) is 12.5 Å². The molecule has 1 heterocycles. The molecule has 0 saturated carbocycles. The van der Waals surface area contributed by atoms with Gasteiger partial charge >= 0.3 is 5.97 Å². The Bertz CT molecular complexity index is 335. The van der Waals surface area contributed by atoms with Crippen LogP contribution in [0.2, 0.25) is 0 Å². The van der Waals surface area contributed by atoms with Crippen LogP contribution in [0.5, 0.6) is 0 Å². The molecule has 0 aromatic carbocycles. The lowest BCUT2D eigenvalue weighted by Crippen LogP contribution is -2.50. The topological polar surface area (TPSA) is 66.8 Å². The number of ether oxygens (including phenoxy) is 1. The summed E-state index contributed by atoms with van der Waals surface area (Å²) in [5, 5.41) is 8.93. The van der Waals surface area contributed by atoms with E-state index in [1.165, 1.54) is 0 Å². The van der Waals surface area contributed by atoms with Crippen LogP contribution in [-0.4, -0.2) is 58.7 Å². The van der Waals surface area contributed by atoms with E-state index in [-0.39, 0.29) is 18.4 Å². The summed E-state index contributed by atoms with van der Waals surface area (Å²) in [6.45, 7) is 7.15. The van der Waals surface area contributed by atoms with Gasteiger partial charge in [0.15, 0.2) is 0 Å². The Morgan fingerprint density at radius 3 is 2.70 bits per heavy atom. The average Bonchev–Trinajstić information content (AvgIpc) is 2.37. The predicted octanol–water partition coefficient (Wildman–Crippen LogP) is 1.86. The summed E-state index contributed by atoms with van der Waals surface area (Å²) in [6.07, 6.45) is 0.442. The molecule has 0 aromatic heterocycles. The van der Waals surface area contributed by atoms with Crippen molar-refractivity contribution in [3.8, 4) is 0 Å². The average molecular weight is 303 g/mol. The smallest absolute Gasteiger partial charge is 0.305 e. The van der Waals surface area contributed by atoms with Crippen molar-refractivity contribution in [3.63, 3.8) is 0 Å². The lowest BCUT2D eigenvalue weighted by atomic mass is 10.1. The number of thioether (sulfide) groups is 1. The highest BCUT2D eigenvalue weighted by Crippen LogP contribution is 2.20. The Labute approximate surface area is 125 Å². The number of carboxylic acids is 1. The Kier molecular flexibility index (Phi) is 7.37.